The molecule has 14 heavy (non-hydrogen) atoms. The largest absolute Gasteiger partial charge is 0.316 e. The van der Waals surface area contributed by atoms with Crippen LogP contribution in [0.4, 0.5) is 0 Å². The molecule has 1 aliphatic carbocycles. The molecule has 1 aliphatic heterocycles. The first-order valence-corrected chi connectivity index (χ1v) is 5.55. The van der Waals surface area contributed by atoms with Crippen molar-refractivity contribution in [3.05, 3.63) is 12.2 Å². The minimum absolute atomic E-state index is 0.590. The Kier molecular flexibility index (Phi) is 2.01. The van der Waals surface area contributed by atoms with Crippen molar-refractivity contribution in [2.24, 2.45) is 0 Å². The Balaban J connectivity index is 1.82. The zero-order valence-electron chi connectivity index (χ0n) is 8.32. The van der Waals surface area contributed by atoms with E-state index in [1.807, 2.05) is 6.33 Å². The van der Waals surface area contributed by atoms with Crippen molar-refractivity contribution in [2.75, 3.05) is 13.1 Å². The summed E-state index contributed by atoms with van der Waals surface area (Å²) in [6, 6.07) is 0.710. The first-order chi connectivity index (χ1) is 6.95. The van der Waals surface area contributed by atoms with Gasteiger partial charge in [-0.15, -0.1) is 10.2 Å². The lowest BCUT2D eigenvalue weighted by molar-refractivity contribution is 0.432. The van der Waals surface area contributed by atoms with Gasteiger partial charge in [0.2, 0.25) is 0 Å². The third kappa shape index (κ3) is 1.43. The molecule has 0 amide bonds. The van der Waals surface area contributed by atoms with Crippen LogP contribution in [0.1, 0.15) is 43.5 Å². The maximum Gasteiger partial charge on any atom is 0.137 e. The Bertz CT molecular complexity index is 310. The number of nitrogens with zero attached hydrogens (tertiary/aromatic N) is 3. The lowest BCUT2D eigenvalue weighted by Gasteiger charge is -2.22. The van der Waals surface area contributed by atoms with Crippen LogP contribution in [-0.2, 0) is 0 Å². The normalized spacial score (nSPS) is 27.9. The molecule has 1 aromatic rings. The number of piperidine rings is 1. The SMILES string of the molecule is c1nnc([C@H]2CCCNC2)n1C1CC1. The third-order valence-electron chi connectivity index (χ3n) is 3.20. The van der Waals surface area contributed by atoms with Gasteiger partial charge in [0.05, 0.1) is 0 Å². The fourth-order valence-electron chi connectivity index (χ4n) is 2.25. The Morgan fingerprint density at radius 1 is 1.36 bits per heavy atom. The maximum atomic E-state index is 4.27. The minimum atomic E-state index is 0.590. The van der Waals surface area contributed by atoms with Crippen LogP contribution in [0.2, 0.25) is 0 Å². The molecule has 0 unspecified atom stereocenters. The average molecular weight is 192 g/mol. The number of nitrogens with one attached hydrogen (secondary N) is 1. The molecule has 4 heteroatoms. The van der Waals surface area contributed by atoms with E-state index in [2.05, 4.69) is 20.1 Å². The molecule has 1 aromatic heterocycles. The molecular formula is C10H16N4. The topological polar surface area (TPSA) is 42.7 Å². The van der Waals surface area contributed by atoms with Gasteiger partial charge in [-0.2, -0.15) is 0 Å². The summed E-state index contributed by atoms with van der Waals surface area (Å²) in [5.74, 6) is 1.80. The summed E-state index contributed by atoms with van der Waals surface area (Å²) in [4.78, 5) is 0. The van der Waals surface area contributed by atoms with Crippen molar-refractivity contribution >= 4 is 0 Å². The predicted octanol–water partition coefficient (Wildman–Crippen LogP) is 1.08. The van der Waals surface area contributed by atoms with Gasteiger partial charge in [0.25, 0.3) is 0 Å². The number of aromatic nitrogens is 3. The summed E-state index contributed by atoms with van der Waals surface area (Å²) in [6.45, 7) is 2.24. The van der Waals surface area contributed by atoms with Crippen LogP contribution in [0.5, 0.6) is 0 Å². The first-order valence-electron chi connectivity index (χ1n) is 5.55. The highest BCUT2D eigenvalue weighted by Crippen LogP contribution is 2.37. The lowest BCUT2D eigenvalue weighted by atomic mass is 9.99. The average Bonchev–Trinajstić information content (AvgIpc) is 2.98. The predicted molar refractivity (Wildman–Crippen MR) is 53.1 cm³/mol. The fourth-order valence-corrected chi connectivity index (χ4v) is 2.25. The second kappa shape index (κ2) is 3.35. The van der Waals surface area contributed by atoms with Crippen LogP contribution in [-0.4, -0.2) is 27.9 Å². The molecule has 2 aliphatic rings. The summed E-state index contributed by atoms with van der Waals surface area (Å²) in [7, 11) is 0. The van der Waals surface area contributed by atoms with E-state index in [0.29, 0.717) is 12.0 Å². The zero-order chi connectivity index (χ0) is 9.38. The smallest absolute Gasteiger partial charge is 0.137 e. The summed E-state index contributed by atoms with van der Waals surface area (Å²) in [5.41, 5.74) is 0. The van der Waals surface area contributed by atoms with Crippen LogP contribution in [0.15, 0.2) is 6.33 Å². The van der Waals surface area contributed by atoms with Crippen molar-refractivity contribution in [3.8, 4) is 0 Å². The number of rotatable bonds is 2. The Labute approximate surface area is 83.7 Å². The molecule has 1 N–H and O–H groups in total. The molecule has 1 saturated heterocycles. The highest BCUT2D eigenvalue weighted by atomic mass is 15.3. The Morgan fingerprint density at radius 3 is 3.00 bits per heavy atom. The molecule has 3 rings (SSSR count). The van der Waals surface area contributed by atoms with Crippen LogP contribution in [0.25, 0.3) is 0 Å². The van der Waals surface area contributed by atoms with Gasteiger partial charge >= 0.3 is 0 Å². The molecular weight excluding hydrogens is 176 g/mol. The summed E-state index contributed by atoms with van der Waals surface area (Å²) in [5, 5.41) is 11.7. The molecule has 0 aromatic carbocycles. The maximum absolute atomic E-state index is 4.27. The summed E-state index contributed by atoms with van der Waals surface area (Å²) >= 11 is 0. The molecule has 76 valence electrons. The standard InChI is InChI=1S/C10H16N4/c1-2-8(6-11-5-1)10-13-12-7-14(10)9-3-4-9/h7-9,11H,1-6H2/t8-/m0/s1. The molecule has 0 spiro atoms. The molecule has 2 fully saturated rings. The lowest BCUT2D eigenvalue weighted by Crippen LogP contribution is -2.30. The van der Waals surface area contributed by atoms with E-state index < -0.39 is 0 Å². The zero-order valence-corrected chi connectivity index (χ0v) is 8.32. The van der Waals surface area contributed by atoms with Gasteiger partial charge in [0.1, 0.15) is 12.2 Å². The molecule has 0 radical (unpaired) electrons. The van der Waals surface area contributed by atoms with Gasteiger partial charge in [0, 0.05) is 18.5 Å². The molecule has 2 heterocycles. The number of hydrogen-bond acceptors (Lipinski definition) is 3. The van der Waals surface area contributed by atoms with Gasteiger partial charge in [-0.25, -0.2) is 0 Å². The van der Waals surface area contributed by atoms with Crippen LogP contribution in [0.3, 0.4) is 0 Å². The fraction of sp³-hybridized carbons (Fsp3) is 0.800. The van der Waals surface area contributed by atoms with E-state index in [1.165, 1.54) is 31.5 Å². The van der Waals surface area contributed by atoms with Crippen LogP contribution >= 0.6 is 0 Å². The monoisotopic (exact) mass is 192 g/mol. The second-order valence-electron chi connectivity index (χ2n) is 4.37. The van der Waals surface area contributed by atoms with Gasteiger partial charge in [-0.3, -0.25) is 0 Å². The molecule has 1 saturated carbocycles. The molecule has 1 atom stereocenters. The summed E-state index contributed by atoms with van der Waals surface area (Å²) in [6.07, 6.45) is 7.05. The van der Waals surface area contributed by atoms with Crippen LogP contribution < -0.4 is 5.32 Å². The molecule has 4 nitrogen and oxygen atoms in total. The minimum Gasteiger partial charge on any atom is -0.316 e. The van der Waals surface area contributed by atoms with Gasteiger partial charge in [-0.05, 0) is 32.2 Å². The van der Waals surface area contributed by atoms with Crippen molar-refractivity contribution in [1.29, 1.82) is 0 Å². The van der Waals surface area contributed by atoms with E-state index >= 15 is 0 Å². The Morgan fingerprint density at radius 2 is 2.29 bits per heavy atom. The first kappa shape index (κ1) is 8.41. The van der Waals surface area contributed by atoms with Crippen molar-refractivity contribution in [3.63, 3.8) is 0 Å². The van der Waals surface area contributed by atoms with Crippen LogP contribution in [0, 0.1) is 0 Å². The van der Waals surface area contributed by atoms with E-state index in [4.69, 9.17) is 0 Å². The van der Waals surface area contributed by atoms with Gasteiger partial charge in [0.15, 0.2) is 0 Å². The van der Waals surface area contributed by atoms with E-state index in [1.54, 1.807) is 0 Å². The van der Waals surface area contributed by atoms with Crippen molar-refractivity contribution < 1.29 is 0 Å². The second-order valence-corrected chi connectivity index (χ2v) is 4.37. The number of hydrogen-bond donors (Lipinski definition) is 1. The van der Waals surface area contributed by atoms with Crippen molar-refractivity contribution in [1.82, 2.24) is 20.1 Å². The van der Waals surface area contributed by atoms with E-state index in [9.17, 15) is 0 Å². The van der Waals surface area contributed by atoms with Gasteiger partial charge in [-0.1, -0.05) is 0 Å². The van der Waals surface area contributed by atoms with Gasteiger partial charge < -0.3 is 9.88 Å². The quantitative estimate of drug-likeness (QED) is 0.762. The highest BCUT2D eigenvalue weighted by Gasteiger charge is 2.29. The Hall–Kier alpha value is -0.900. The third-order valence-corrected chi connectivity index (χ3v) is 3.20. The highest BCUT2D eigenvalue weighted by molar-refractivity contribution is 5.03. The van der Waals surface area contributed by atoms with E-state index in [0.717, 1.165) is 13.1 Å². The van der Waals surface area contributed by atoms with E-state index in [-0.39, 0.29) is 0 Å². The van der Waals surface area contributed by atoms with Crippen molar-refractivity contribution in [2.45, 2.75) is 37.6 Å². The summed E-state index contributed by atoms with van der Waals surface area (Å²) < 4.78 is 2.29. The molecule has 0 bridgehead atoms.